The smallest absolute Gasteiger partial charge is 0.277 e. The maximum Gasteiger partial charge on any atom is 0.277 e. The van der Waals surface area contributed by atoms with E-state index in [1.165, 1.54) is 24.3 Å². The number of anilines is 3. The van der Waals surface area contributed by atoms with Gasteiger partial charge in [-0.1, -0.05) is 18.2 Å². The van der Waals surface area contributed by atoms with Crippen LogP contribution in [0.4, 0.5) is 17.1 Å². The average molecular weight is 278 g/mol. The van der Waals surface area contributed by atoms with Crippen LogP contribution in [0.2, 0.25) is 0 Å². The lowest BCUT2D eigenvalue weighted by molar-refractivity contribution is 0.592. The van der Waals surface area contributed by atoms with Crippen molar-refractivity contribution in [2.45, 2.75) is 4.90 Å². The Bertz CT molecular complexity index is 686. The predicted octanol–water partition coefficient (Wildman–Crippen LogP) is 0.920. The van der Waals surface area contributed by atoms with Gasteiger partial charge in [0.2, 0.25) is 0 Å². The summed E-state index contributed by atoms with van der Waals surface area (Å²) >= 11 is 0. The molecule has 0 atom stereocenters. The minimum Gasteiger partial charge on any atom is -0.399 e. The number of hydrogen-bond acceptors (Lipinski definition) is 5. The molecule has 6 N–H and O–H groups in total. The van der Waals surface area contributed by atoms with E-state index in [1.54, 1.807) is 24.3 Å². The van der Waals surface area contributed by atoms with E-state index in [-0.39, 0.29) is 16.3 Å². The highest BCUT2D eigenvalue weighted by molar-refractivity contribution is 7.92. The fraction of sp³-hybridized carbons (Fsp3) is 0. The van der Waals surface area contributed by atoms with E-state index in [1.807, 2.05) is 0 Å². The van der Waals surface area contributed by atoms with Crippen LogP contribution in [0.1, 0.15) is 0 Å². The second kappa shape index (κ2) is 4.79. The summed E-state index contributed by atoms with van der Waals surface area (Å²) in [6.45, 7) is 0. The van der Waals surface area contributed by atoms with Crippen LogP contribution in [0.15, 0.2) is 53.4 Å². The number of sulfonamides is 1. The van der Waals surface area contributed by atoms with Gasteiger partial charge in [0, 0.05) is 5.69 Å². The standard InChI is InChI=1S/C12H14N4O2S/c13-9-6-7-11(14)12(8-9)16(15)19(17,18)10-4-2-1-3-5-10/h1-8H,13-15H2. The summed E-state index contributed by atoms with van der Waals surface area (Å²) in [7, 11) is -3.86. The second-order valence-electron chi connectivity index (χ2n) is 3.93. The topological polar surface area (TPSA) is 115 Å². The molecule has 0 unspecified atom stereocenters. The molecule has 2 aromatic carbocycles. The number of hydrazine groups is 1. The van der Waals surface area contributed by atoms with Crippen molar-refractivity contribution in [3.8, 4) is 0 Å². The number of hydrogen-bond donors (Lipinski definition) is 3. The van der Waals surface area contributed by atoms with Gasteiger partial charge in [0.15, 0.2) is 0 Å². The van der Waals surface area contributed by atoms with Crippen molar-refractivity contribution in [1.29, 1.82) is 0 Å². The fourth-order valence-electron chi connectivity index (χ4n) is 1.59. The van der Waals surface area contributed by atoms with Crippen LogP contribution in [-0.2, 0) is 10.0 Å². The highest BCUT2D eigenvalue weighted by atomic mass is 32.2. The fourth-order valence-corrected chi connectivity index (χ4v) is 2.73. The van der Waals surface area contributed by atoms with Crippen molar-refractivity contribution in [1.82, 2.24) is 0 Å². The molecule has 100 valence electrons. The lowest BCUT2D eigenvalue weighted by Crippen LogP contribution is -2.38. The molecule has 0 saturated heterocycles. The monoisotopic (exact) mass is 278 g/mol. The number of nitrogen functional groups attached to an aromatic ring is 2. The largest absolute Gasteiger partial charge is 0.399 e. The van der Waals surface area contributed by atoms with Crippen molar-refractivity contribution in [3.63, 3.8) is 0 Å². The van der Waals surface area contributed by atoms with Gasteiger partial charge in [-0.2, -0.15) is 12.8 Å². The van der Waals surface area contributed by atoms with Crippen LogP contribution in [0.3, 0.4) is 0 Å². The molecule has 0 fully saturated rings. The molecule has 6 nitrogen and oxygen atoms in total. The zero-order valence-corrected chi connectivity index (χ0v) is 10.8. The molecule has 2 rings (SSSR count). The van der Waals surface area contributed by atoms with E-state index < -0.39 is 10.0 Å². The first-order valence-electron chi connectivity index (χ1n) is 5.43. The molecule has 7 heteroatoms. The molecule has 2 aromatic rings. The lowest BCUT2D eigenvalue weighted by atomic mass is 10.2. The van der Waals surface area contributed by atoms with Gasteiger partial charge in [-0.25, -0.2) is 5.84 Å². The van der Waals surface area contributed by atoms with E-state index in [2.05, 4.69) is 0 Å². The summed E-state index contributed by atoms with van der Waals surface area (Å²) in [6, 6.07) is 12.3. The van der Waals surface area contributed by atoms with Crippen LogP contribution in [-0.4, -0.2) is 8.42 Å². The summed E-state index contributed by atoms with van der Waals surface area (Å²) in [4.78, 5) is 0.0827. The Morgan fingerprint density at radius 2 is 1.58 bits per heavy atom. The van der Waals surface area contributed by atoms with Crippen molar-refractivity contribution >= 4 is 27.1 Å². The summed E-state index contributed by atoms with van der Waals surface area (Å²) in [5.74, 6) is 5.68. The summed E-state index contributed by atoms with van der Waals surface area (Å²) < 4.78 is 25.2. The SMILES string of the molecule is Nc1ccc(N)c(N(N)S(=O)(=O)c2ccccc2)c1. The Morgan fingerprint density at radius 1 is 0.947 bits per heavy atom. The van der Waals surface area contributed by atoms with Gasteiger partial charge in [0.05, 0.1) is 16.3 Å². The molecule has 0 saturated carbocycles. The lowest BCUT2D eigenvalue weighted by Gasteiger charge is -2.20. The number of rotatable bonds is 3. The third kappa shape index (κ3) is 2.47. The first-order valence-corrected chi connectivity index (χ1v) is 6.87. The number of nitrogens with zero attached hydrogens (tertiary/aromatic N) is 1. The van der Waals surface area contributed by atoms with E-state index in [9.17, 15) is 8.42 Å². The van der Waals surface area contributed by atoms with Gasteiger partial charge in [0.1, 0.15) is 0 Å². The molecule has 0 aliphatic carbocycles. The highest BCUT2D eigenvalue weighted by Crippen LogP contribution is 2.27. The summed E-state index contributed by atoms with van der Waals surface area (Å²) in [5, 5.41) is 0. The number of nitrogens with two attached hydrogens (primary N) is 3. The van der Waals surface area contributed by atoms with Crippen molar-refractivity contribution < 1.29 is 8.42 Å². The minimum absolute atomic E-state index is 0.0827. The first kappa shape index (κ1) is 13.2. The Morgan fingerprint density at radius 3 is 2.21 bits per heavy atom. The van der Waals surface area contributed by atoms with Crippen LogP contribution in [0, 0.1) is 0 Å². The predicted molar refractivity (Wildman–Crippen MR) is 75.6 cm³/mol. The van der Waals surface area contributed by atoms with E-state index in [0.29, 0.717) is 10.1 Å². The molecular formula is C12H14N4O2S. The number of benzene rings is 2. The van der Waals surface area contributed by atoms with Crippen molar-refractivity contribution in [2.24, 2.45) is 5.84 Å². The molecule has 19 heavy (non-hydrogen) atoms. The normalized spacial score (nSPS) is 11.2. The average Bonchev–Trinajstić information content (AvgIpc) is 2.41. The Kier molecular flexibility index (Phi) is 3.32. The van der Waals surface area contributed by atoms with Gasteiger partial charge in [-0.3, -0.25) is 0 Å². The van der Waals surface area contributed by atoms with Crippen molar-refractivity contribution in [3.05, 3.63) is 48.5 Å². The van der Waals surface area contributed by atoms with E-state index >= 15 is 0 Å². The molecule has 0 spiro atoms. The maximum absolute atomic E-state index is 12.3. The van der Waals surface area contributed by atoms with Crippen LogP contribution < -0.4 is 21.7 Å². The van der Waals surface area contributed by atoms with Crippen LogP contribution in [0.5, 0.6) is 0 Å². The summed E-state index contributed by atoms with van der Waals surface area (Å²) in [6.07, 6.45) is 0. The molecule has 0 radical (unpaired) electrons. The van der Waals surface area contributed by atoms with Gasteiger partial charge in [0.25, 0.3) is 10.0 Å². The second-order valence-corrected chi connectivity index (χ2v) is 5.75. The Hall–Kier alpha value is -2.25. The molecule has 0 aromatic heterocycles. The molecule has 0 heterocycles. The highest BCUT2D eigenvalue weighted by Gasteiger charge is 2.23. The zero-order valence-electron chi connectivity index (χ0n) is 10.0. The third-order valence-electron chi connectivity index (χ3n) is 2.59. The Balaban J connectivity index is 2.50. The maximum atomic E-state index is 12.3. The molecular weight excluding hydrogens is 264 g/mol. The Labute approximate surface area is 111 Å². The van der Waals surface area contributed by atoms with Crippen LogP contribution >= 0.6 is 0 Å². The van der Waals surface area contributed by atoms with Gasteiger partial charge in [-0.05, 0) is 30.3 Å². The molecule has 0 aliphatic heterocycles. The summed E-state index contributed by atoms with van der Waals surface area (Å²) in [5.41, 5.74) is 12.1. The molecule has 0 aliphatic rings. The van der Waals surface area contributed by atoms with Gasteiger partial charge in [-0.15, -0.1) is 0 Å². The van der Waals surface area contributed by atoms with Gasteiger partial charge >= 0.3 is 0 Å². The van der Waals surface area contributed by atoms with E-state index in [0.717, 1.165) is 0 Å². The van der Waals surface area contributed by atoms with Crippen LogP contribution in [0.25, 0.3) is 0 Å². The van der Waals surface area contributed by atoms with Gasteiger partial charge < -0.3 is 11.5 Å². The minimum atomic E-state index is -3.86. The molecule has 0 bridgehead atoms. The first-order chi connectivity index (χ1) is 8.93. The van der Waals surface area contributed by atoms with E-state index in [4.69, 9.17) is 17.3 Å². The third-order valence-corrected chi connectivity index (χ3v) is 4.17. The molecule has 0 amide bonds. The quantitative estimate of drug-likeness (QED) is 0.438. The van der Waals surface area contributed by atoms with Crippen molar-refractivity contribution in [2.75, 3.05) is 15.9 Å². The zero-order chi connectivity index (χ0) is 14.0.